The first-order chi connectivity index (χ1) is 18.5. The maximum Gasteiger partial charge on any atom is 0.513 e. The third-order valence-corrected chi connectivity index (χ3v) is 6.09. The van der Waals surface area contributed by atoms with Crippen molar-refractivity contribution >= 4 is 23.9 Å². The van der Waals surface area contributed by atoms with Crippen molar-refractivity contribution in [3.63, 3.8) is 0 Å². The smallest absolute Gasteiger partial charge is 0.462 e. The molecule has 0 radical (unpaired) electrons. The van der Waals surface area contributed by atoms with Gasteiger partial charge in [-0.1, -0.05) is 104 Å². The fourth-order valence-electron chi connectivity index (χ4n) is 3.84. The Labute approximate surface area is 229 Å². The van der Waals surface area contributed by atoms with Crippen molar-refractivity contribution in [1.29, 1.82) is 0 Å². The molecule has 8 heteroatoms. The number of benzene rings is 1. The highest BCUT2D eigenvalue weighted by Crippen LogP contribution is 2.30. The molecule has 0 fully saturated rings. The van der Waals surface area contributed by atoms with E-state index in [-0.39, 0.29) is 36.8 Å². The van der Waals surface area contributed by atoms with Crippen LogP contribution in [0.5, 0.6) is 5.75 Å². The highest BCUT2D eigenvalue weighted by molar-refractivity contribution is 5.98. The Bertz CT molecular complexity index is 797. The molecule has 8 nitrogen and oxygen atoms in total. The molecule has 216 valence electrons. The molecule has 1 aromatic rings. The number of amides is 1. The normalized spacial score (nSPS) is 10.6. The molecule has 0 aliphatic carbocycles. The molecule has 0 saturated heterocycles. The van der Waals surface area contributed by atoms with E-state index in [1.54, 1.807) is 6.07 Å². The summed E-state index contributed by atoms with van der Waals surface area (Å²) < 4.78 is 21.3. The lowest BCUT2D eigenvalue weighted by molar-refractivity contribution is 0.0492. The van der Waals surface area contributed by atoms with Gasteiger partial charge in [0.1, 0.15) is 5.56 Å². The predicted molar refractivity (Wildman–Crippen MR) is 150 cm³/mol. The summed E-state index contributed by atoms with van der Waals surface area (Å²) in [7, 11) is 0. The standard InChI is InChI=1S/C30H49NO7/c1-4-7-10-13-15-17-23-36-29(33)31-26-21-19-20-25(28(32)35-22-16-12-9-6-3)27(26)38-30(34)37-24-18-14-11-8-5-2/h19-21H,4-18,22-24H2,1-3H3,(H,31,33). The molecular formula is C30H49NO7. The van der Waals surface area contributed by atoms with E-state index in [4.69, 9.17) is 18.9 Å². The van der Waals surface area contributed by atoms with Crippen molar-refractivity contribution in [1.82, 2.24) is 0 Å². The van der Waals surface area contributed by atoms with Gasteiger partial charge >= 0.3 is 18.2 Å². The summed E-state index contributed by atoms with van der Waals surface area (Å²) in [6.45, 7) is 7.18. The number of esters is 1. The third-order valence-electron chi connectivity index (χ3n) is 6.09. The predicted octanol–water partition coefficient (Wildman–Crippen LogP) is 8.82. The number of anilines is 1. The maximum absolute atomic E-state index is 12.8. The topological polar surface area (TPSA) is 100 Å². The quantitative estimate of drug-likeness (QED) is 0.0726. The Kier molecular flexibility index (Phi) is 19.5. The number of carbonyl (C=O) groups excluding carboxylic acids is 3. The van der Waals surface area contributed by atoms with E-state index in [9.17, 15) is 14.4 Å². The average Bonchev–Trinajstić information content (AvgIpc) is 2.90. The molecule has 1 aromatic carbocycles. The van der Waals surface area contributed by atoms with Crippen LogP contribution in [0, 0.1) is 0 Å². The van der Waals surface area contributed by atoms with Crippen LogP contribution in [-0.2, 0) is 14.2 Å². The Morgan fingerprint density at radius 3 is 1.74 bits per heavy atom. The molecule has 0 saturated carbocycles. The fourth-order valence-corrected chi connectivity index (χ4v) is 3.84. The van der Waals surface area contributed by atoms with Gasteiger partial charge in [-0.25, -0.2) is 14.4 Å². The molecule has 0 aliphatic heterocycles. The first-order valence-electron chi connectivity index (χ1n) is 14.6. The van der Waals surface area contributed by atoms with Gasteiger partial charge in [0, 0.05) is 0 Å². The Hall–Kier alpha value is -2.77. The van der Waals surface area contributed by atoms with E-state index in [0.717, 1.165) is 77.0 Å². The fraction of sp³-hybridized carbons (Fsp3) is 0.700. The number of ether oxygens (including phenoxy) is 4. The summed E-state index contributed by atoms with van der Waals surface area (Å²) in [6.07, 6.45) is 13.7. The number of unbranched alkanes of at least 4 members (excludes halogenated alkanes) is 12. The molecule has 0 aromatic heterocycles. The lowest BCUT2D eigenvalue weighted by Gasteiger charge is -2.15. The lowest BCUT2D eigenvalue weighted by atomic mass is 10.1. The van der Waals surface area contributed by atoms with Crippen molar-refractivity contribution in [2.75, 3.05) is 25.1 Å². The second kappa shape index (κ2) is 22.2. The van der Waals surface area contributed by atoms with Crippen LogP contribution >= 0.6 is 0 Å². The summed E-state index contributed by atoms with van der Waals surface area (Å²) in [5.74, 6) is -0.744. The second-order valence-electron chi connectivity index (χ2n) is 9.52. The van der Waals surface area contributed by atoms with Gasteiger partial charge in [-0.2, -0.15) is 0 Å². The molecular weight excluding hydrogens is 486 g/mol. The van der Waals surface area contributed by atoms with E-state index in [1.807, 2.05) is 0 Å². The van der Waals surface area contributed by atoms with Crippen LogP contribution < -0.4 is 10.1 Å². The van der Waals surface area contributed by atoms with Crippen LogP contribution in [0.2, 0.25) is 0 Å². The van der Waals surface area contributed by atoms with Gasteiger partial charge in [0.15, 0.2) is 5.75 Å². The van der Waals surface area contributed by atoms with Gasteiger partial charge in [0.2, 0.25) is 0 Å². The zero-order chi connectivity index (χ0) is 27.8. The molecule has 38 heavy (non-hydrogen) atoms. The number of carbonyl (C=O) groups is 3. The zero-order valence-corrected chi connectivity index (χ0v) is 23.8. The number of hydrogen-bond acceptors (Lipinski definition) is 7. The van der Waals surface area contributed by atoms with Crippen LogP contribution in [0.3, 0.4) is 0 Å². The van der Waals surface area contributed by atoms with Gasteiger partial charge in [-0.3, -0.25) is 5.32 Å². The van der Waals surface area contributed by atoms with E-state index in [2.05, 4.69) is 26.1 Å². The number of nitrogens with one attached hydrogen (secondary N) is 1. The molecule has 0 aliphatic rings. The molecule has 0 atom stereocenters. The summed E-state index contributed by atoms with van der Waals surface area (Å²) in [5, 5.41) is 2.60. The van der Waals surface area contributed by atoms with Crippen molar-refractivity contribution in [2.45, 2.75) is 117 Å². The maximum atomic E-state index is 12.8. The van der Waals surface area contributed by atoms with Crippen LogP contribution in [0.1, 0.15) is 127 Å². The first-order valence-corrected chi connectivity index (χ1v) is 14.6. The molecule has 0 heterocycles. The molecule has 1 N–H and O–H groups in total. The van der Waals surface area contributed by atoms with Crippen molar-refractivity contribution in [2.24, 2.45) is 0 Å². The van der Waals surface area contributed by atoms with Gasteiger partial charge in [0.25, 0.3) is 0 Å². The SMILES string of the molecule is CCCCCCCCOC(=O)Nc1cccc(C(=O)OCCCCCC)c1OC(=O)OCCCCCCC. The van der Waals surface area contributed by atoms with Crippen LogP contribution in [0.25, 0.3) is 0 Å². The molecule has 0 bridgehead atoms. The molecule has 0 spiro atoms. The van der Waals surface area contributed by atoms with Crippen molar-refractivity contribution in [3.05, 3.63) is 23.8 Å². The van der Waals surface area contributed by atoms with E-state index < -0.39 is 18.2 Å². The number of hydrogen-bond donors (Lipinski definition) is 1. The van der Waals surface area contributed by atoms with Crippen LogP contribution in [0.15, 0.2) is 18.2 Å². The first kappa shape index (κ1) is 33.3. The minimum absolute atomic E-state index is 0.0362. The Morgan fingerprint density at radius 2 is 1.13 bits per heavy atom. The molecule has 1 amide bonds. The van der Waals surface area contributed by atoms with E-state index >= 15 is 0 Å². The van der Waals surface area contributed by atoms with Crippen LogP contribution in [0.4, 0.5) is 15.3 Å². The Balaban J connectivity index is 2.77. The summed E-state index contributed by atoms with van der Waals surface area (Å²) in [5.41, 5.74) is 0.174. The van der Waals surface area contributed by atoms with Gasteiger partial charge in [0.05, 0.1) is 25.5 Å². The summed E-state index contributed by atoms with van der Waals surface area (Å²) in [4.78, 5) is 37.6. The van der Waals surface area contributed by atoms with Gasteiger partial charge < -0.3 is 18.9 Å². The van der Waals surface area contributed by atoms with E-state index in [1.165, 1.54) is 31.4 Å². The molecule has 1 rings (SSSR count). The largest absolute Gasteiger partial charge is 0.513 e. The number of rotatable bonds is 21. The van der Waals surface area contributed by atoms with Crippen molar-refractivity contribution in [3.8, 4) is 5.75 Å². The minimum Gasteiger partial charge on any atom is -0.462 e. The minimum atomic E-state index is -0.938. The number of para-hydroxylation sites is 1. The third kappa shape index (κ3) is 15.5. The highest BCUT2D eigenvalue weighted by atomic mass is 16.7. The van der Waals surface area contributed by atoms with Crippen molar-refractivity contribution < 1.29 is 33.3 Å². The van der Waals surface area contributed by atoms with Gasteiger partial charge in [-0.15, -0.1) is 0 Å². The second-order valence-corrected chi connectivity index (χ2v) is 9.52. The van der Waals surface area contributed by atoms with Gasteiger partial charge in [-0.05, 0) is 31.4 Å². The lowest BCUT2D eigenvalue weighted by Crippen LogP contribution is -2.19. The van der Waals surface area contributed by atoms with E-state index in [0.29, 0.717) is 0 Å². The monoisotopic (exact) mass is 535 g/mol. The average molecular weight is 536 g/mol. The molecule has 0 unspecified atom stereocenters. The van der Waals surface area contributed by atoms with Crippen LogP contribution in [-0.4, -0.2) is 38.0 Å². The zero-order valence-electron chi connectivity index (χ0n) is 23.8. The summed E-state index contributed by atoms with van der Waals surface area (Å²) >= 11 is 0. The Morgan fingerprint density at radius 1 is 0.632 bits per heavy atom. The summed E-state index contributed by atoms with van der Waals surface area (Å²) in [6, 6.07) is 4.62. The highest BCUT2D eigenvalue weighted by Gasteiger charge is 2.22.